The minimum atomic E-state index is 0.516. The summed E-state index contributed by atoms with van der Waals surface area (Å²) in [4.78, 5) is 0. The highest BCUT2D eigenvalue weighted by atomic mass is 32.2. The molecule has 2 saturated carbocycles. The van der Waals surface area contributed by atoms with Crippen molar-refractivity contribution in [1.29, 1.82) is 0 Å². The lowest BCUT2D eigenvalue weighted by molar-refractivity contribution is 0.435. The fraction of sp³-hybridized carbons (Fsp3) is 0.647. The van der Waals surface area contributed by atoms with Crippen LogP contribution in [-0.2, 0) is 0 Å². The van der Waals surface area contributed by atoms with E-state index >= 15 is 0 Å². The summed E-state index contributed by atoms with van der Waals surface area (Å²) in [7, 11) is 0. The summed E-state index contributed by atoms with van der Waals surface area (Å²) in [6.45, 7) is 1.18. The summed E-state index contributed by atoms with van der Waals surface area (Å²) in [5.74, 6) is 0.878. The quantitative estimate of drug-likeness (QED) is 0.825. The van der Waals surface area contributed by atoms with E-state index < -0.39 is 0 Å². The maximum atomic E-state index is 3.91. The van der Waals surface area contributed by atoms with E-state index in [-0.39, 0.29) is 0 Å². The molecule has 0 amide bonds. The summed E-state index contributed by atoms with van der Waals surface area (Å²) in [5.41, 5.74) is 1.49. The normalized spacial score (nSPS) is 23.4. The molecular weight excluding hydrogens is 250 g/mol. The number of nitrogens with one attached hydrogen (secondary N) is 1. The Morgan fingerprint density at radius 3 is 2.47 bits per heavy atom. The summed E-state index contributed by atoms with van der Waals surface area (Å²) in [6.07, 6.45) is 10.7. The van der Waals surface area contributed by atoms with Gasteiger partial charge in [0.25, 0.3) is 0 Å². The molecule has 104 valence electrons. The standard InChI is InChI=1S/C17H25NS/c1-19-17(11-5-6-12-17)13-18-16(15-9-10-15)14-7-3-2-4-8-14/h2-4,7-8,15-16,18H,5-6,9-13H2,1H3. The van der Waals surface area contributed by atoms with Crippen LogP contribution < -0.4 is 5.32 Å². The first-order valence-electron chi connectivity index (χ1n) is 7.66. The Morgan fingerprint density at radius 1 is 1.21 bits per heavy atom. The van der Waals surface area contributed by atoms with Crippen LogP contribution in [0.25, 0.3) is 0 Å². The summed E-state index contributed by atoms with van der Waals surface area (Å²) >= 11 is 2.09. The van der Waals surface area contributed by atoms with Crippen LogP contribution in [0.4, 0.5) is 0 Å². The Bertz CT molecular complexity index is 393. The second kappa shape index (κ2) is 5.88. The van der Waals surface area contributed by atoms with Crippen molar-refractivity contribution in [2.75, 3.05) is 12.8 Å². The highest BCUT2D eigenvalue weighted by molar-refractivity contribution is 8.00. The van der Waals surface area contributed by atoms with Crippen LogP contribution in [0.15, 0.2) is 30.3 Å². The second-order valence-electron chi connectivity index (χ2n) is 6.20. The first-order valence-corrected chi connectivity index (χ1v) is 8.89. The second-order valence-corrected chi connectivity index (χ2v) is 7.48. The van der Waals surface area contributed by atoms with Gasteiger partial charge in [0.05, 0.1) is 0 Å². The van der Waals surface area contributed by atoms with Crippen molar-refractivity contribution in [3.8, 4) is 0 Å². The van der Waals surface area contributed by atoms with Crippen LogP contribution in [0.2, 0.25) is 0 Å². The molecule has 0 bridgehead atoms. The largest absolute Gasteiger partial charge is 0.308 e. The van der Waals surface area contributed by atoms with E-state index in [0.717, 1.165) is 5.92 Å². The minimum Gasteiger partial charge on any atom is -0.308 e. The SMILES string of the molecule is CSC1(CNC(c2ccccc2)C2CC2)CCCC1. The summed E-state index contributed by atoms with van der Waals surface area (Å²) in [5, 5.41) is 3.91. The van der Waals surface area contributed by atoms with Gasteiger partial charge in [0, 0.05) is 17.3 Å². The molecule has 3 rings (SSSR count). The summed E-state index contributed by atoms with van der Waals surface area (Å²) < 4.78 is 0.516. The molecule has 1 unspecified atom stereocenters. The third-order valence-corrected chi connectivity index (χ3v) is 6.26. The molecule has 0 radical (unpaired) electrons. The van der Waals surface area contributed by atoms with Gasteiger partial charge in [-0.05, 0) is 43.4 Å². The smallest absolute Gasteiger partial charge is 0.0349 e. The fourth-order valence-electron chi connectivity index (χ4n) is 3.41. The van der Waals surface area contributed by atoms with Crippen molar-refractivity contribution in [2.45, 2.75) is 49.3 Å². The van der Waals surface area contributed by atoms with E-state index in [2.05, 4.69) is 53.7 Å². The lowest BCUT2D eigenvalue weighted by Crippen LogP contribution is -2.37. The molecule has 1 aromatic rings. The molecule has 2 fully saturated rings. The van der Waals surface area contributed by atoms with Crippen LogP contribution in [0, 0.1) is 5.92 Å². The molecule has 1 nitrogen and oxygen atoms in total. The van der Waals surface area contributed by atoms with E-state index in [1.807, 2.05) is 0 Å². The molecular formula is C17H25NS. The molecule has 19 heavy (non-hydrogen) atoms. The van der Waals surface area contributed by atoms with Crippen molar-refractivity contribution < 1.29 is 0 Å². The number of hydrogen-bond acceptors (Lipinski definition) is 2. The Balaban J connectivity index is 1.66. The Hall–Kier alpha value is -0.470. The molecule has 0 heterocycles. The topological polar surface area (TPSA) is 12.0 Å². The molecule has 1 N–H and O–H groups in total. The molecule has 2 aliphatic carbocycles. The Kier molecular flexibility index (Phi) is 4.18. The highest BCUT2D eigenvalue weighted by Gasteiger charge is 2.37. The fourth-order valence-corrected chi connectivity index (χ4v) is 4.34. The van der Waals surface area contributed by atoms with Crippen molar-refractivity contribution in [3.63, 3.8) is 0 Å². The van der Waals surface area contributed by atoms with Gasteiger partial charge in [0.15, 0.2) is 0 Å². The maximum Gasteiger partial charge on any atom is 0.0349 e. The van der Waals surface area contributed by atoms with Crippen molar-refractivity contribution in [2.24, 2.45) is 5.92 Å². The van der Waals surface area contributed by atoms with Crippen LogP contribution in [0.5, 0.6) is 0 Å². The molecule has 1 aromatic carbocycles. The number of thioether (sulfide) groups is 1. The van der Waals surface area contributed by atoms with Gasteiger partial charge in [-0.2, -0.15) is 11.8 Å². The van der Waals surface area contributed by atoms with Gasteiger partial charge < -0.3 is 5.32 Å². The van der Waals surface area contributed by atoms with Gasteiger partial charge in [-0.25, -0.2) is 0 Å². The average Bonchev–Trinajstić information content (AvgIpc) is 3.18. The third kappa shape index (κ3) is 3.17. The maximum absolute atomic E-state index is 3.91. The van der Waals surface area contributed by atoms with Gasteiger partial charge in [0.1, 0.15) is 0 Å². The van der Waals surface area contributed by atoms with Crippen molar-refractivity contribution >= 4 is 11.8 Å². The zero-order valence-electron chi connectivity index (χ0n) is 11.9. The minimum absolute atomic E-state index is 0.516. The lowest BCUT2D eigenvalue weighted by Gasteiger charge is -2.30. The van der Waals surface area contributed by atoms with Crippen molar-refractivity contribution in [1.82, 2.24) is 5.32 Å². The van der Waals surface area contributed by atoms with Crippen LogP contribution >= 0.6 is 11.8 Å². The van der Waals surface area contributed by atoms with Gasteiger partial charge in [-0.3, -0.25) is 0 Å². The average molecular weight is 275 g/mol. The predicted octanol–water partition coefficient (Wildman–Crippen LogP) is 4.40. The molecule has 1 atom stereocenters. The molecule has 0 aliphatic heterocycles. The van der Waals surface area contributed by atoms with E-state index in [4.69, 9.17) is 0 Å². The van der Waals surface area contributed by atoms with Gasteiger partial charge in [0.2, 0.25) is 0 Å². The van der Waals surface area contributed by atoms with E-state index in [1.165, 1.54) is 50.6 Å². The van der Waals surface area contributed by atoms with Gasteiger partial charge in [-0.15, -0.1) is 0 Å². The van der Waals surface area contributed by atoms with Gasteiger partial charge in [-0.1, -0.05) is 43.2 Å². The summed E-state index contributed by atoms with van der Waals surface area (Å²) in [6, 6.07) is 11.6. The number of benzene rings is 1. The lowest BCUT2D eigenvalue weighted by atomic mass is 10.0. The van der Waals surface area contributed by atoms with Gasteiger partial charge >= 0.3 is 0 Å². The van der Waals surface area contributed by atoms with Crippen molar-refractivity contribution in [3.05, 3.63) is 35.9 Å². The Morgan fingerprint density at radius 2 is 1.89 bits per heavy atom. The van der Waals surface area contributed by atoms with Crippen LogP contribution in [-0.4, -0.2) is 17.5 Å². The van der Waals surface area contributed by atoms with E-state index in [0.29, 0.717) is 10.8 Å². The predicted molar refractivity (Wildman–Crippen MR) is 84.6 cm³/mol. The first-order chi connectivity index (χ1) is 9.33. The third-order valence-electron chi connectivity index (χ3n) is 4.84. The number of hydrogen-bond donors (Lipinski definition) is 1. The monoisotopic (exact) mass is 275 g/mol. The molecule has 0 spiro atoms. The zero-order chi connectivity index (χ0) is 13.1. The van der Waals surface area contributed by atoms with E-state index in [1.54, 1.807) is 0 Å². The number of rotatable bonds is 6. The molecule has 0 aromatic heterocycles. The zero-order valence-corrected chi connectivity index (χ0v) is 12.7. The molecule has 0 saturated heterocycles. The Labute approximate surface area is 121 Å². The van der Waals surface area contributed by atoms with E-state index in [9.17, 15) is 0 Å². The highest BCUT2D eigenvalue weighted by Crippen LogP contribution is 2.43. The first kappa shape index (κ1) is 13.5. The molecule has 2 heteroatoms. The van der Waals surface area contributed by atoms with Crippen LogP contribution in [0.1, 0.15) is 50.1 Å². The molecule has 2 aliphatic rings. The van der Waals surface area contributed by atoms with Crippen LogP contribution in [0.3, 0.4) is 0 Å².